The van der Waals surface area contributed by atoms with Gasteiger partial charge in [-0.1, -0.05) is 12.8 Å². The third kappa shape index (κ3) is 6.95. The van der Waals surface area contributed by atoms with Crippen LogP contribution in [-0.2, 0) is 4.74 Å². The Morgan fingerprint density at radius 3 is 2.92 bits per heavy atom. The van der Waals surface area contributed by atoms with E-state index in [0.29, 0.717) is 37.1 Å². The zero-order valence-electron chi connectivity index (χ0n) is 14.0. The Labute approximate surface area is 149 Å². The second-order valence-corrected chi connectivity index (χ2v) is 5.77. The van der Waals surface area contributed by atoms with E-state index < -0.39 is 0 Å². The number of ether oxygens (including phenoxy) is 2. The van der Waals surface area contributed by atoms with E-state index in [-0.39, 0.29) is 24.1 Å². The summed E-state index contributed by atoms with van der Waals surface area (Å²) >= 11 is 0. The lowest BCUT2D eigenvalue weighted by Crippen LogP contribution is -2.40. The van der Waals surface area contributed by atoms with Crippen molar-refractivity contribution >= 4 is 18.3 Å². The van der Waals surface area contributed by atoms with Crippen molar-refractivity contribution in [1.29, 1.82) is 0 Å². The third-order valence-corrected chi connectivity index (χ3v) is 3.88. The van der Waals surface area contributed by atoms with E-state index in [4.69, 9.17) is 9.47 Å². The molecule has 1 atom stereocenters. The van der Waals surface area contributed by atoms with Crippen molar-refractivity contribution in [2.75, 3.05) is 33.4 Å². The number of phenolic OH excluding ortho intramolecular Hbond substituents is 1. The summed E-state index contributed by atoms with van der Waals surface area (Å²) in [6.45, 7) is 2.41. The predicted molar refractivity (Wildman–Crippen MR) is 95.3 cm³/mol. The molecule has 3 N–H and O–H groups in total. The molecule has 1 aliphatic rings. The lowest BCUT2D eigenvalue weighted by Gasteiger charge is -2.16. The Morgan fingerprint density at radius 1 is 1.29 bits per heavy atom. The Balaban J connectivity index is 0.00000288. The number of aromatic hydroxyl groups is 1. The lowest BCUT2D eigenvalue weighted by molar-refractivity contribution is 0.0948. The summed E-state index contributed by atoms with van der Waals surface area (Å²) in [6.07, 6.45) is 4.70. The number of rotatable bonds is 7. The molecule has 0 aliphatic carbocycles. The van der Waals surface area contributed by atoms with Crippen LogP contribution >= 0.6 is 12.4 Å². The van der Waals surface area contributed by atoms with E-state index in [2.05, 4.69) is 10.6 Å². The van der Waals surface area contributed by atoms with E-state index in [9.17, 15) is 9.90 Å². The minimum Gasteiger partial charge on any atom is -0.508 e. The first-order valence-corrected chi connectivity index (χ1v) is 8.16. The van der Waals surface area contributed by atoms with E-state index >= 15 is 0 Å². The zero-order valence-corrected chi connectivity index (χ0v) is 14.9. The fourth-order valence-electron chi connectivity index (χ4n) is 2.63. The summed E-state index contributed by atoms with van der Waals surface area (Å²) in [5.41, 5.74) is 0.394. The first kappa shape index (κ1) is 20.5. The Bertz CT molecular complexity index is 505. The number of carbonyl (C=O) groups excluding carboxylic acids is 1. The fourth-order valence-corrected chi connectivity index (χ4v) is 2.63. The largest absolute Gasteiger partial charge is 0.508 e. The maximum Gasteiger partial charge on any atom is 0.251 e. The average molecular weight is 359 g/mol. The topological polar surface area (TPSA) is 79.8 Å². The van der Waals surface area contributed by atoms with Gasteiger partial charge >= 0.3 is 0 Å². The van der Waals surface area contributed by atoms with Crippen molar-refractivity contribution in [3.8, 4) is 11.5 Å². The normalized spacial score (nSPS) is 17.5. The van der Waals surface area contributed by atoms with Gasteiger partial charge in [-0.15, -0.1) is 12.4 Å². The van der Waals surface area contributed by atoms with Gasteiger partial charge in [0.1, 0.15) is 18.1 Å². The molecule has 0 saturated carbocycles. The first-order chi connectivity index (χ1) is 11.2. The molecule has 1 fully saturated rings. The molecule has 0 bridgehead atoms. The van der Waals surface area contributed by atoms with Gasteiger partial charge in [-0.2, -0.15) is 0 Å². The quantitative estimate of drug-likeness (QED) is 0.650. The van der Waals surface area contributed by atoms with Gasteiger partial charge in [-0.05, 0) is 31.5 Å². The van der Waals surface area contributed by atoms with Crippen molar-refractivity contribution in [3.05, 3.63) is 23.8 Å². The molecule has 7 heteroatoms. The third-order valence-electron chi connectivity index (χ3n) is 3.88. The lowest BCUT2D eigenvalue weighted by atomic mass is 10.1. The summed E-state index contributed by atoms with van der Waals surface area (Å²) in [5, 5.41) is 16.1. The van der Waals surface area contributed by atoms with Crippen LogP contribution in [0.25, 0.3) is 0 Å². The molecule has 0 aromatic heterocycles. The molecule has 1 unspecified atom stereocenters. The van der Waals surface area contributed by atoms with Gasteiger partial charge in [0.15, 0.2) is 0 Å². The highest BCUT2D eigenvalue weighted by Crippen LogP contribution is 2.22. The molecule has 0 radical (unpaired) electrons. The first-order valence-electron chi connectivity index (χ1n) is 8.16. The number of methoxy groups -OCH3 is 1. The van der Waals surface area contributed by atoms with Gasteiger partial charge < -0.3 is 25.2 Å². The number of carbonyl (C=O) groups is 1. The second kappa shape index (κ2) is 11.1. The van der Waals surface area contributed by atoms with E-state index in [1.165, 1.54) is 31.4 Å². The van der Waals surface area contributed by atoms with Crippen LogP contribution in [0, 0.1) is 0 Å². The molecule has 1 aromatic rings. The molecule has 136 valence electrons. The monoisotopic (exact) mass is 358 g/mol. The van der Waals surface area contributed by atoms with E-state index in [1.807, 2.05) is 0 Å². The number of hydrogen-bond donors (Lipinski definition) is 3. The van der Waals surface area contributed by atoms with Gasteiger partial charge in [-0.3, -0.25) is 4.79 Å². The molecule has 2 rings (SSSR count). The minimum atomic E-state index is -0.205. The van der Waals surface area contributed by atoms with Crippen molar-refractivity contribution in [1.82, 2.24) is 10.6 Å². The van der Waals surface area contributed by atoms with E-state index in [0.717, 1.165) is 13.0 Å². The number of halogens is 1. The van der Waals surface area contributed by atoms with Gasteiger partial charge in [0, 0.05) is 31.3 Å². The van der Waals surface area contributed by atoms with Gasteiger partial charge in [-0.25, -0.2) is 0 Å². The van der Waals surface area contributed by atoms with Crippen LogP contribution in [-0.4, -0.2) is 50.5 Å². The predicted octanol–water partition coefficient (Wildman–Crippen LogP) is 2.10. The van der Waals surface area contributed by atoms with Crippen molar-refractivity contribution in [2.24, 2.45) is 0 Å². The Kier molecular flexibility index (Phi) is 9.52. The van der Waals surface area contributed by atoms with Crippen LogP contribution in [0.1, 0.15) is 36.0 Å². The Morgan fingerprint density at radius 2 is 2.12 bits per heavy atom. The van der Waals surface area contributed by atoms with Gasteiger partial charge in [0.05, 0.1) is 6.61 Å². The zero-order chi connectivity index (χ0) is 16.5. The fraction of sp³-hybridized carbons (Fsp3) is 0.588. The highest BCUT2D eigenvalue weighted by Gasteiger charge is 2.14. The van der Waals surface area contributed by atoms with Crippen molar-refractivity contribution in [3.63, 3.8) is 0 Å². The van der Waals surface area contributed by atoms with Crippen LogP contribution in [0.2, 0.25) is 0 Å². The summed E-state index contributed by atoms with van der Waals surface area (Å²) in [4.78, 5) is 12.3. The van der Waals surface area contributed by atoms with Crippen molar-refractivity contribution in [2.45, 2.75) is 31.7 Å². The van der Waals surface area contributed by atoms with Crippen LogP contribution in [0.3, 0.4) is 0 Å². The minimum absolute atomic E-state index is 0. The van der Waals surface area contributed by atoms with Crippen LogP contribution in [0.4, 0.5) is 0 Å². The molecule has 1 aromatic carbocycles. The molecule has 24 heavy (non-hydrogen) atoms. The molecule has 1 saturated heterocycles. The maximum absolute atomic E-state index is 12.3. The number of benzene rings is 1. The summed E-state index contributed by atoms with van der Waals surface area (Å²) in [7, 11) is 1.59. The summed E-state index contributed by atoms with van der Waals surface area (Å²) < 4.78 is 10.4. The van der Waals surface area contributed by atoms with Crippen LogP contribution < -0.4 is 15.4 Å². The number of hydrogen-bond acceptors (Lipinski definition) is 5. The van der Waals surface area contributed by atoms with Crippen molar-refractivity contribution < 1.29 is 19.4 Å². The molecule has 6 nitrogen and oxygen atoms in total. The number of phenols is 1. The van der Waals surface area contributed by atoms with E-state index in [1.54, 1.807) is 13.2 Å². The highest BCUT2D eigenvalue weighted by atomic mass is 35.5. The van der Waals surface area contributed by atoms with Gasteiger partial charge in [0.2, 0.25) is 0 Å². The second-order valence-electron chi connectivity index (χ2n) is 5.77. The average Bonchev–Trinajstić information content (AvgIpc) is 2.81. The standard InChI is InChI=1S/C17H26N2O4.ClH/c1-22-7-8-23-16-10-13(9-15(20)11-16)17(21)19-12-14-5-3-2-4-6-18-14;/h9-11,14,18,20H,2-8,12H2,1H3,(H,19,21);1H. The number of nitrogens with one attached hydrogen (secondary N) is 2. The molecule has 0 spiro atoms. The smallest absolute Gasteiger partial charge is 0.251 e. The van der Waals surface area contributed by atoms with Crippen LogP contribution in [0.5, 0.6) is 11.5 Å². The van der Waals surface area contributed by atoms with Crippen LogP contribution in [0.15, 0.2) is 18.2 Å². The van der Waals surface area contributed by atoms with Gasteiger partial charge in [0.25, 0.3) is 5.91 Å². The highest BCUT2D eigenvalue weighted by molar-refractivity contribution is 5.95. The molecular formula is C17H27ClN2O4. The summed E-state index contributed by atoms with van der Waals surface area (Å²) in [6, 6.07) is 4.88. The molecule has 1 heterocycles. The molecule has 1 aliphatic heterocycles. The Hall–Kier alpha value is -1.50. The maximum atomic E-state index is 12.3. The SMILES string of the molecule is COCCOc1cc(O)cc(C(=O)NCC2CCCCCN2)c1.Cl. The summed E-state index contributed by atoms with van der Waals surface area (Å²) in [5.74, 6) is 0.265. The molecular weight excluding hydrogens is 332 g/mol. The number of amides is 1. The molecule has 1 amide bonds.